The van der Waals surface area contributed by atoms with Crippen LogP contribution in [0.15, 0.2) is 0 Å². The second-order valence-corrected chi connectivity index (χ2v) is 27.8. The summed E-state index contributed by atoms with van der Waals surface area (Å²) in [5.41, 5.74) is 0. The minimum absolute atomic E-state index is 0.102. The fourth-order valence-corrected chi connectivity index (χ4v) is 11.1. The van der Waals surface area contributed by atoms with E-state index in [-0.39, 0.29) is 25.7 Å². The van der Waals surface area contributed by atoms with Gasteiger partial charge < -0.3 is 33.8 Å². The molecule has 0 aromatic heterocycles. The maximum atomic E-state index is 13.0. The van der Waals surface area contributed by atoms with Crippen LogP contribution in [0.25, 0.3) is 0 Å². The average Bonchev–Trinajstić information content (AvgIpc) is 3.50. The Balaban J connectivity index is 5.26. The molecule has 19 heteroatoms. The molecule has 0 aliphatic rings. The van der Waals surface area contributed by atoms with Crippen molar-refractivity contribution in [2.24, 2.45) is 23.7 Å². The van der Waals surface area contributed by atoms with Crippen LogP contribution in [-0.2, 0) is 65.4 Å². The molecule has 0 saturated heterocycles. The second kappa shape index (κ2) is 55.2. The summed E-state index contributed by atoms with van der Waals surface area (Å²) in [6, 6.07) is 0. The quantitative estimate of drug-likeness (QED) is 0.0222. The Morgan fingerprint density at radius 3 is 0.845 bits per heavy atom. The number of aliphatic hydroxyl groups is 1. The van der Waals surface area contributed by atoms with E-state index in [9.17, 15) is 43.2 Å². The molecule has 0 fully saturated rings. The highest BCUT2D eigenvalue weighted by molar-refractivity contribution is 7.47. The molecule has 0 spiro atoms. The number of rotatable bonds is 62. The molecule has 0 aromatic carbocycles. The Hall–Kier alpha value is -1.94. The summed E-state index contributed by atoms with van der Waals surface area (Å²) < 4.78 is 68.0. The number of phosphoric acid groups is 2. The summed E-state index contributed by atoms with van der Waals surface area (Å²) in [5.74, 6) is 0.794. The molecule has 0 aliphatic heterocycles. The summed E-state index contributed by atoms with van der Waals surface area (Å²) in [6.45, 7) is 14.0. The third-order valence-corrected chi connectivity index (χ3v) is 17.4. The third-order valence-electron chi connectivity index (χ3n) is 15.5. The molecule has 17 nitrogen and oxygen atoms in total. The fraction of sp³-hybridized carbons (Fsp3) is 0.938. The van der Waals surface area contributed by atoms with Gasteiger partial charge in [-0.25, -0.2) is 9.13 Å². The van der Waals surface area contributed by atoms with Gasteiger partial charge in [-0.3, -0.25) is 37.3 Å². The number of hydrogen-bond acceptors (Lipinski definition) is 15. The zero-order chi connectivity index (χ0) is 62.5. The van der Waals surface area contributed by atoms with Crippen LogP contribution in [0.3, 0.4) is 0 Å². The third kappa shape index (κ3) is 56.6. The zero-order valence-electron chi connectivity index (χ0n) is 54.5. The van der Waals surface area contributed by atoms with Crippen molar-refractivity contribution in [3.63, 3.8) is 0 Å². The topological polar surface area (TPSA) is 237 Å². The van der Waals surface area contributed by atoms with Gasteiger partial charge in [0.2, 0.25) is 0 Å². The Morgan fingerprint density at radius 2 is 0.571 bits per heavy atom. The first-order valence-corrected chi connectivity index (χ1v) is 36.8. The van der Waals surface area contributed by atoms with Gasteiger partial charge in [0, 0.05) is 25.7 Å². The highest BCUT2D eigenvalue weighted by Crippen LogP contribution is 2.45. The minimum atomic E-state index is -4.95. The first kappa shape index (κ1) is 82.1. The lowest BCUT2D eigenvalue weighted by Gasteiger charge is -2.21. The van der Waals surface area contributed by atoms with E-state index in [1.54, 1.807) is 0 Å². The number of carbonyl (C=O) groups is 4. The van der Waals surface area contributed by atoms with Gasteiger partial charge in [-0.1, -0.05) is 261 Å². The highest BCUT2D eigenvalue weighted by Gasteiger charge is 2.30. The zero-order valence-corrected chi connectivity index (χ0v) is 56.3. The maximum Gasteiger partial charge on any atom is 0.472 e. The SMILES string of the molecule is CCC(C)CCCCCCCCCCCCC(=O)O[C@H](COC(=O)CCCCCCCCCC(C)C)COP(=O)(O)OCC(O)COP(=O)(O)OC[C@@H](COC(=O)CCCCCCCCC(C)CC)OC(=O)CCCCCCCCCC(C)C. The number of hydrogen-bond donors (Lipinski definition) is 3. The Kier molecular flexibility index (Phi) is 53.9. The lowest BCUT2D eigenvalue weighted by Crippen LogP contribution is -2.30. The van der Waals surface area contributed by atoms with Crippen LogP contribution in [0, 0.1) is 23.7 Å². The Bertz CT molecular complexity index is 1680. The van der Waals surface area contributed by atoms with Crippen LogP contribution in [0.4, 0.5) is 0 Å². The molecule has 7 atom stereocenters. The molecule has 0 heterocycles. The Morgan fingerprint density at radius 1 is 0.333 bits per heavy atom. The van der Waals surface area contributed by atoms with Crippen molar-refractivity contribution in [2.75, 3.05) is 39.6 Å². The summed E-state index contributed by atoms with van der Waals surface area (Å²) in [4.78, 5) is 72.2. The first-order valence-electron chi connectivity index (χ1n) is 33.8. The van der Waals surface area contributed by atoms with Crippen molar-refractivity contribution in [1.82, 2.24) is 0 Å². The van der Waals surface area contributed by atoms with E-state index in [4.69, 9.17) is 37.0 Å². The van der Waals surface area contributed by atoms with E-state index in [2.05, 4.69) is 55.4 Å². The lowest BCUT2D eigenvalue weighted by atomic mass is 9.99. The standard InChI is InChI=1S/C65H126O17P2/c1-9-57(7)43-35-27-19-13-11-12-14-20-31-39-47-64(69)81-60(51-75-62(67)45-37-29-21-15-17-25-33-41-55(3)4)53-79-83(71,72)77-49-59(66)50-78-84(73,74)80-54-61(82-65(70)48-40-32-22-16-18-26-34-42-56(5)6)52-76-63(68)46-38-30-24-23-28-36-44-58(8)10-2/h55-61,66H,9-54H2,1-8H3,(H,71,72)(H,73,74)/t57?,58?,59?,60-,61-/m1/s1. The normalized spacial score (nSPS) is 15.1. The molecule has 5 unspecified atom stereocenters. The van der Waals surface area contributed by atoms with Gasteiger partial charge in [-0.15, -0.1) is 0 Å². The average molecular weight is 1240 g/mol. The van der Waals surface area contributed by atoms with Crippen molar-refractivity contribution in [3.8, 4) is 0 Å². The van der Waals surface area contributed by atoms with Crippen molar-refractivity contribution in [1.29, 1.82) is 0 Å². The molecule has 0 amide bonds. The van der Waals surface area contributed by atoms with Crippen LogP contribution in [-0.4, -0.2) is 96.7 Å². The smallest absolute Gasteiger partial charge is 0.462 e. The van der Waals surface area contributed by atoms with Crippen molar-refractivity contribution >= 4 is 39.5 Å². The number of esters is 4. The van der Waals surface area contributed by atoms with E-state index in [1.807, 2.05) is 0 Å². The number of phosphoric ester groups is 2. The summed E-state index contributed by atoms with van der Waals surface area (Å²) in [7, 11) is -9.89. The van der Waals surface area contributed by atoms with Gasteiger partial charge >= 0.3 is 39.5 Å². The second-order valence-electron chi connectivity index (χ2n) is 24.9. The van der Waals surface area contributed by atoms with Crippen molar-refractivity contribution in [2.45, 2.75) is 331 Å². The largest absolute Gasteiger partial charge is 0.472 e. The lowest BCUT2D eigenvalue weighted by molar-refractivity contribution is -0.161. The van der Waals surface area contributed by atoms with Crippen molar-refractivity contribution < 1.29 is 80.2 Å². The van der Waals surface area contributed by atoms with Gasteiger partial charge in [0.1, 0.15) is 19.3 Å². The molecule has 0 aliphatic carbocycles. The van der Waals surface area contributed by atoms with E-state index in [0.717, 1.165) is 115 Å². The summed E-state index contributed by atoms with van der Waals surface area (Å²) >= 11 is 0. The monoisotopic (exact) mass is 1240 g/mol. The van der Waals surface area contributed by atoms with Crippen LogP contribution in [0.1, 0.15) is 312 Å². The predicted molar refractivity (Wildman–Crippen MR) is 335 cm³/mol. The minimum Gasteiger partial charge on any atom is -0.462 e. The first-order chi connectivity index (χ1) is 40.2. The molecular formula is C65H126O17P2. The molecule has 3 N–H and O–H groups in total. The number of unbranched alkanes of at least 4 members (excludes halogenated alkanes) is 26. The van der Waals surface area contributed by atoms with Crippen molar-refractivity contribution in [3.05, 3.63) is 0 Å². The molecule has 0 bridgehead atoms. The summed E-state index contributed by atoms with van der Waals surface area (Å²) in [5, 5.41) is 10.5. The number of aliphatic hydroxyl groups excluding tert-OH is 1. The Labute approximate surface area is 511 Å². The van der Waals surface area contributed by atoms with E-state index in [1.165, 1.54) is 103 Å². The van der Waals surface area contributed by atoms with Gasteiger partial charge in [0.05, 0.1) is 26.4 Å². The van der Waals surface area contributed by atoms with Gasteiger partial charge in [-0.2, -0.15) is 0 Å². The van der Waals surface area contributed by atoms with E-state index < -0.39 is 97.5 Å². The highest BCUT2D eigenvalue weighted by atomic mass is 31.2. The van der Waals surface area contributed by atoms with Gasteiger partial charge in [0.15, 0.2) is 12.2 Å². The number of ether oxygens (including phenoxy) is 4. The van der Waals surface area contributed by atoms with Gasteiger partial charge in [0.25, 0.3) is 0 Å². The molecular weight excluding hydrogens is 1110 g/mol. The van der Waals surface area contributed by atoms with Crippen LogP contribution < -0.4 is 0 Å². The van der Waals surface area contributed by atoms with E-state index in [0.29, 0.717) is 37.5 Å². The summed E-state index contributed by atoms with van der Waals surface area (Å²) in [6.07, 6.45) is 34.9. The predicted octanol–water partition coefficient (Wildman–Crippen LogP) is 17.8. The molecule has 0 rings (SSSR count). The number of carbonyl (C=O) groups excluding carboxylic acids is 4. The molecule has 84 heavy (non-hydrogen) atoms. The molecule has 0 aromatic rings. The van der Waals surface area contributed by atoms with E-state index >= 15 is 0 Å². The molecule has 498 valence electrons. The molecule has 0 saturated carbocycles. The van der Waals surface area contributed by atoms with Crippen LogP contribution in [0.5, 0.6) is 0 Å². The maximum absolute atomic E-state index is 13.0. The van der Waals surface area contributed by atoms with Crippen LogP contribution >= 0.6 is 15.6 Å². The van der Waals surface area contributed by atoms with Gasteiger partial charge in [-0.05, 0) is 49.4 Å². The fourth-order valence-electron chi connectivity index (χ4n) is 9.54. The molecule has 0 radical (unpaired) electrons. The van der Waals surface area contributed by atoms with Crippen LogP contribution in [0.2, 0.25) is 0 Å².